The third kappa shape index (κ3) is 2.19. The smallest absolute Gasteiger partial charge is 0.183 e. The number of hydrogen-bond acceptors (Lipinski definition) is 4. The Bertz CT molecular complexity index is 342. The molecule has 2 saturated heterocycles. The van der Waals surface area contributed by atoms with Gasteiger partial charge in [0.05, 0.1) is 0 Å². The quantitative estimate of drug-likeness (QED) is 0.878. The predicted octanol–water partition coefficient (Wildman–Crippen LogP) is 2.60. The van der Waals surface area contributed by atoms with Crippen LogP contribution in [0.5, 0.6) is 0 Å². The van der Waals surface area contributed by atoms with Gasteiger partial charge in [-0.05, 0) is 41.6 Å². The SMILES string of the molecule is Brc1csc(NC2CC3CCC(C2)N3)n1. The minimum absolute atomic E-state index is 0.613. The van der Waals surface area contributed by atoms with E-state index in [1.807, 2.05) is 5.38 Å². The van der Waals surface area contributed by atoms with Crippen molar-refractivity contribution in [2.45, 2.75) is 43.8 Å². The number of rotatable bonds is 2. The lowest BCUT2D eigenvalue weighted by atomic mass is 10.0. The maximum atomic E-state index is 4.38. The Hall–Kier alpha value is -0.130. The van der Waals surface area contributed by atoms with Crippen molar-refractivity contribution < 1.29 is 0 Å². The minimum Gasteiger partial charge on any atom is -0.359 e. The van der Waals surface area contributed by atoms with Crippen LogP contribution in [0.3, 0.4) is 0 Å². The molecular formula is C10H14BrN3S. The molecule has 1 aromatic rings. The van der Waals surface area contributed by atoms with Gasteiger partial charge in [-0.25, -0.2) is 4.98 Å². The fraction of sp³-hybridized carbons (Fsp3) is 0.700. The normalized spacial score (nSPS) is 34.3. The van der Waals surface area contributed by atoms with Crippen molar-refractivity contribution >= 4 is 32.4 Å². The maximum Gasteiger partial charge on any atom is 0.183 e. The summed E-state index contributed by atoms with van der Waals surface area (Å²) in [5.74, 6) is 0. The van der Waals surface area contributed by atoms with Crippen molar-refractivity contribution in [3.63, 3.8) is 0 Å². The van der Waals surface area contributed by atoms with Crippen molar-refractivity contribution in [2.75, 3.05) is 5.32 Å². The monoisotopic (exact) mass is 287 g/mol. The number of aromatic nitrogens is 1. The summed E-state index contributed by atoms with van der Waals surface area (Å²) in [6.07, 6.45) is 5.19. The van der Waals surface area contributed by atoms with Gasteiger partial charge >= 0.3 is 0 Å². The van der Waals surface area contributed by atoms with Gasteiger partial charge in [0, 0.05) is 23.5 Å². The zero-order valence-electron chi connectivity index (χ0n) is 8.37. The highest BCUT2D eigenvalue weighted by atomic mass is 79.9. The zero-order chi connectivity index (χ0) is 10.3. The third-order valence-electron chi connectivity index (χ3n) is 3.28. The van der Waals surface area contributed by atoms with E-state index in [4.69, 9.17) is 0 Å². The Morgan fingerprint density at radius 3 is 2.73 bits per heavy atom. The van der Waals surface area contributed by atoms with Crippen LogP contribution < -0.4 is 10.6 Å². The third-order valence-corrected chi connectivity index (χ3v) is 4.76. The molecule has 0 aliphatic carbocycles. The summed E-state index contributed by atoms with van der Waals surface area (Å²) in [4.78, 5) is 4.38. The van der Waals surface area contributed by atoms with Gasteiger partial charge < -0.3 is 10.6 Å². The first-order valence-corrected chi connectivity index (χ1v) is 7.10. The van der Waals surface area contributed by atoms with Crippen LogP contribution in [0.15, 0.2) is 9.98 Å². The van der Waals surface area contributed by atoms with Crippen LogP contribution >= 0.6 is 27.3 Å². The lowest BCUT2D eigenvalue weighted by molar-refractivity contribution is 0.378. The number of thiazole rings is 1. The topological polar surface area (TPSA) is 37.0 Å². The number of nitrogens with zero attached hydrogens (tertiary/aromatic N) is 1. The first kappa shape index (κ1) is 10.1. The van der Waals surface area contributed by atoms with Crippen LogP contribution in [-0.2, 0) is 0 Å². The van der Waals surface area contributed by atoms with Gasteiger partial charge in [0.1, 0.15) is 4.60 Å². The first-order valence-electron chi connectivity index (χ1n) is 5.43. The Morgan fingerprint density at radius 1 is 1.40 bits per heavy atom. The molecule has 2 unspecified atom stereocenters. The highest BCUT2D eigenvalue weighted by Crippen LogP contribution is 2.29. The largest absolute Gasteiger partial charge is 0.359 e. The van der Waals surface area contributed by atoms with Crippen LogP contribution in [0.4, 0.5) is 5.13 Å². The number of anilines is 1. The average Bonchev–Trinajstić information content (AvgIpc) is 2.74. The van der Waals surface area contributed by atoms with Gasteiger partial charge in [-0.15, -0.1) is 11.3 Å². The van der Waals surface area contributed by atoms with Crippen molar-refractivity contribution in [3.05, 3.63) is 9.98 Å². The standard InChI is InChI=1S/C10H14BrN3S/c11-9-5-15-10(14-9)13-8-3-6-1-2-7(4-8)12-6/h5-8,12H,1-4H2,(H,13,14). The van der Waals surface area contributed by atoms with Gasteiger partial charge in [0.15, 0.2) is 5.13 Å². The Kier molecular flexibility index (Phi) is 2.70. The summed E-state index contributed by atoms with van der Waals surface area (Å²) in [7, 11) is 0. The van der Waals surface area contributed by atoms with Crippen LogP contribution in [0.25, 0.3) is 0 Å². The van der Waals surface area contributed by atoms with E-state index in [2.05, 4.69) is 31.5 Å². The highest BCUT2D eigenvalue weighted by Gasteiger charge is 2.33. The number of piperidine rings is 1. The van der Waals surface area contributed by atoms with Gasteiger partial charge in [-0.1, -0.05) is 0 Å². The minimum atomic E-state index is 0.613. The molecule has 0 spiro atoms. The summed E-state index contributed by atoms with van der Waals surface area (Å²) in [6.45, 7) is 0. The molecule has 0 saturated carbocycles. The van der Waals surface area contributed by atoms with E-state index in [1.54, 1.807) is 11.3 Å². The summed E-state index contributed by atoms with van der Waals surface area (Å²) >= 11 is 5.06. The molecule has 3 rings (SSSR count). The van der Waals surface area contributed by atoms with Crippen molar-refractivity contribution in [1.82, 2.24) is 10.3 Å². The van der Waals surface area contributed by atoms with Crippen LogP contribution in [0, 0.1) is 0 Å². The molecule has 0 amide bonds. The van der Waals surface area contributed by atoms with Crippen molar-refractivity contribution in [1.29, 1.82) is 0 Å². The Morgan fingerprint density at radius 2 is 2.13 bits per heavy atom. The molecule has 2 aliphatic heterocycles. The lowest BCUT2D eigenvalue weighted by Gasteiger charge is -2.29. The fourth-order valence-electron chi connectivity index (χ4n) is 2.67. The zero-order valence-corrected chi connectivity index (χ0v) is 10.8. The first-order chi connectivity index (χ1) is 7.29. The van der Waals surface area contributed by atoms with E-state index in [0.29, 0.717) is 6.04 Å². The van der Waals surface area contributed by atoms with Gasteiger partial charge in [0.2, 0.25) is 0 Å². The van der Waals surface area contributed by atoms with Crippen LogP contribution in [0.1, 0.15) is 25.7 Å². The van der Waals surface area contributed by atoms with Crippen LogP contribution in [-0.4, -0.2) is 23.1 Å². The molecule has 3 heterocycles. The second-order valence-electron chi connectivity index (χ2n) is 4.43. The summed E-state index contributed by atoms with van der Waals surface area (Å²) in [6, 6.07) is 2.09. The number of nitrogens with one attached hydrogen (secondary N) is 2. The van der Waals surface area contributed by atoms with E-state index in [0.717, 1.165) is 21.8 Å². The number of fused-ring (bicyclic) bond motifs is 2. The summed E-state index contributed by atoms with van der Waals surface area (Å²) in [5, 5.41) is 10.3. The molecule has 5 heteroatoms. The van der Waals surface area contributed by atoms with E-state index >= 15 is 0 Å². The molecule has 2 bridgehead atoms. The van der Waals surface area contributed by atoms with Crippen molar-refractivity contribution in [2.24, 2.45) is 0 Å². The van der Waals surface area contributed by atoms with E-state index < -0.39 is 0 Å². The Labute approximate surface area is 102 Å². The van der Waals surface area contributed by atoms with Gasteiger partial charge in [0.25, 0.3) is 0 Å². The molecule has 0 aromatic carbocycles. The van der Waals surface area contributed by atoms with Gasteiger partial charge in [-0.2, -0.15) is 0 Å². The molecule has 1 aromatic heterocycles. The van der Waals surface area contributed by atoms with E-state index in [-0.39, 0.29) is 0 Å². The fourth-order valence-corrected chi connectivity index (χ4v) is 3.89. The Balaban J connectivity index is 1.64. The van der Waals surface area contributed by atoms with Gasteiger partial charge in [-0.3, -0.25) is 0 Å². The molecule has 2 atom stereocenters. The molecule has 2 fully saturated rings. The summed E-state index contributed by atoms with van der Waals surface area (Å²) in [5.41, 5.74) is 0. The van der Waals surface area contributed by atoms with E-state index in [1.165, 1.54) is 25.7 Å². The van der Waals surface area contributed by atoms with E-state index in [9.17, 15) is 0 Å². The molecule has 3 nitrogen and oxygen atoms in total. The molecular weight excluding hydrogens is 274 g/mol. The molecule has 2 N–H and O–H groups in total. The second kappa shape index (κ2) is 4.03. The predicted molar refractivity (Wildman–Crippen MR) is 66.4 cm³/mol. The molecule has 15 heavy (non-hydrogen) atoms. The average molecular weight is 288 g/mol. The highest BCUT2D eigenvalue weighted by molar-refractivity contribution is 9.10. The lowest BCUT2D eigenvalue weighted by Crippen LogP contribution is -2.43. The van der Waals surface area contributed by atoms with Crippen molar-refractivity contribution in [3.8, 4) is 0 Å². The molecule has 2 aliphatic rings. The number of halogens is 1. The number of hydrogen-bond donors (Lipinski definition) is 2. The summed E-state index contributed by atoms with van der Waals surface area (Å²) < 4.78 is 0.937. The van der Waals surface area contributed by atoms with Crippen LogP contribution in [0.2, 0.25) is 0 Å². The maximum absolute atomic E-state index is 4.38. The second-order valence-corrected chi connectivity index (χ2v) is 6.10. The molecule has 0 radical (unpaired) electrons. The molecule has 82 valence electrons.